The number of piperidine rings is 1. The van der Waals surface area contributed by atoms with Crippen molar-refractivity contribution in [3.63, 3.8) is 0 Å². The summed E-state index contributed by atoms with van der Waals surface area (Å²) in [5.74, 6) is 1.11. The molecule has 4 rings (SSSR count). The fourth-order valence-electron chi connectivity index (χ4n) is 4.18. The van der Waals surface area contributed by atoms with Gasteiger partial charge in [0.05, 0.1) is 18.3 Å². The van der Waals surface area contributed by atoms with E-state index < -0.39 is 0 Å². The monoisotopic (exact) mass is 357 g/mol. The average Bonchev–Trinajstić information content (AvgIpc) is 3.04. The molecule has 0 radical (unpaired) electrons. The molecule has 0 spiro atoms. The van der Waals surface area contributed by atoms with Crippen LogP contribution in [0.4, 0.5) is 5.82 Å². The first kappa shape index (κ1) is 17.8. The van der Waals surface area contributed by atoms with E-state index in [1.807, 2.05) is 0 Å². The van der Waals surface area contributed by atoms with Gasteiger partial charge in [-0.3, -0.25) is 10.00 Å². The van der Waals surface area contributed by atoms with Crippen molar-refractivity contribution in [2.45, 2.75) is 38.2 Å². The minimum absolute atomic E-state index is 0.446. The van der Waals surface area contributed by atoms with E-state index >= 15 is 0 Å². The number of para-hydroxylation sites is 1. The van der Waals surface area contributed by atoms with Gasteiger partial charge in [-0.15, -0.1) is 0 Å². The number of anilines is 1. The van der Waals surface area contributed by atoms with Crippen molar-refractivity contribution in [2.75, 3.05) is 44.4 Å². The van der Waals surface area contributed by atoms with Crippen molar-refractivity contribution in [2.24, 2.45) is 7.05 Å². The molecule has 6 heteroatoms. The SMILES string of the molecule is Cn1nc(N2CCCNC2)c2cccc(CCCOC3CCNCC3)c21. The lowest BCUT2D eigenvalue weighted by Crippen LogP contribution is -2.41. The third kappa shape index (κ3) is 3.87. The summed E-state index contributed by atoms with van der Waals surface area (Å²) in [6.07, 6.45) is 6.01. The Morgan fingerprint density at radius 2 is 2.08 bits per heavy atom. The van der Waals surface area contributed by atoms with Gasteiger partial charge in [-0.1, -0.05) is 12.1 Å². The number of fused-ring (bicyclic) bond motifs is 1. The molecule has 6 nitrogen and oxygen atoms in total. The van der Waals surface area contributed by atoms with E-state index in [2.05, 4.69) is 45.5 Å². The molecule has 1 aromatic carbocycles. The summed E-state index contributed by atoms with van der Waals surface area (Å²) in [7, 11) is 2.07. The van der Waals surface area contributed by atoms with Crippen LogP contribution in [0.5, 0.6) is 0 Å². The van der Waals surface area contributed by atoms with Crippen LogP contribution in [0.2, 0.25) is 0 Å². The smallest absolute Gasteiger partial charge is 0.159 e. The number of nitrogens with zero attached hydrogens (tertiary/aromatic N) is 3. The summed E-state index contributed by atoms with van der Waals surface area (Å²) in [6, 6.07) is 6.63. The van der Waals surface area contributed by atoms with Gasteiger partial charge in [-0.05, 0) is 63.4 Å². The molecule has 0 bridgehead atoms. The van der Waals surface area contributed by atoms with E-state index in [0.717, 1.165) is 71.0 Å². The third-order valence-corrected chi connectivity index (χ3v) is 5.54. The van der Waals surface area contributed by atoms with Crippen LogP contribution in [0, 0.1) is 0 Å². The molecule has 2 aliphatic heterocycles. The Morgan fingerprint density at radius 3 is 2.88 bits per heavy atom. The number of nitrogens with one attached hydrogen (secondary N) is 2. The van der Waals surface area contributed by atoms with E-state index in [9.17, 15) is 0 Å². The fourth-order valence-corrected chi connectivity index (χ4v) is 4.18. The van der Waals surface area contributed by atoms with Gasteiger partial charge >= 0.3 is 0 Å². The van der Waals surface area contributed by atoms with Crippen molar-refractivity contribution in [1.29, 1.82) is 0 Å². The number of aromatic nitrogens is 2. The second-order valence-corrected chi connectivity index (χ2v) is 7.46. The highest BCUT2D eigenvalue weighted by Crippen LogP contribution is 2.29. The van der Waals surface area contributed by atoms with Crippen LogP contribution in [0.3, 0.4) is 0 Å². The summed E-state index contributed by atoms with van der Waals surface area (Å²) >= 11 is 0. The molecule has 2 N–H and O–H groups in total. The Balaban J connectivity index is 1.43. The minimum atomic E-state index is 0.446. The number of rotatable bonds is 6. The van der Waals surface area contributed by atoms with E-state index in [4.69, 9.17) is 9.84 Å². The molecular formula is C20H31N5O. The summed E-state index contributed by atoms with van der Waals surface area (Å²) < 4.78 is 8.13. The molecule has 1 aromatic heterocycles. The van der Waals surface area contributed by atoms with Crippen molar-refractivity contribution in [3.8, 4) is 0 Å². The lowest BCUT2D eigenvalue weighted by atomic mass is 10.1. The molecule has 0 amide bonds. The molecule has 142 valence electrons. The van der Waals surface area contributed by atoms with Crippen LogP contribution in [0.1, 0.15) is 31.2 Å². The van der Waals surface area contributed by atoms with Gasteiger partial charge in [0.25, 0.3) is 0 Å². The van der Waals surface area contributed by atoms with Gasteiger partial charge in [-0.2, -0.15) is 5.10 Å². The Kier molecular flexibility index (Phi) is 5.72. The van der Waals surface area contributed by atoms with Crippen LogP contribution in [-0.4, -0.2) is 55.3 Å². The highest BCUT2D eigenvalue weighted by Gasteiger charge is 2.19. The Bertz CT molecular complexity index is 716. The molecule has 0 unspecified atom stereocenters. The highest BCUT2D eigenvalue weighted by molar-refractivity contribution is 5.92. The van der Waals surface area contributed by atoms with Crippen LogP contribution in [-0.2, 0) is 18.2 Å². The topological polar surface area (TPSA) is 54.4 Å². The third-order valence-electron chi connectivity index (χ3n) is 5.54. The summed E-state index contributed by atoms with van der Waals surface area (Å²) in [4.78, 5) is 2.36. The average molecular weight is 358 g/mol. The van der Waals surface area contributed by atoms with Crippen LogP contribution >= 0.6 is 0 Å². The number of benzene rings is 1. The van der Waals surface area contributed by atoms with Crippen molar-refractivity contribution in [3.05, 3.63) is 23.8 Å². The van der Waals surface area contributed by atoms with E-state index in [1.54, 1.807) is 0 Å². The van der Waals surface area contributed by atoms with Gasteiger partial charge in [0, 0.05) is 25.6 Å². The molecule has 2 aliphatic rings. The van der Waals surface area contributed by atoms with E-state index in [1.165, 1.54) is 22.9 Å². The first-order valence-corrected chi connectivity index (χ1v) is 10.1. The second-order valence-electron chi connectivity index (χ2n) is 7.46. The number of aryl methyl sites for hydroxylation is 2. The predicted molar refractivity (Wildman–Crippen MR) is 106 cm³/mol. The van der Waals surface area contributed by atoms with Crippen molar-refractivity contribution in [1.82, 2.24) is 20.4 Å². The molecule has 0 saturated carbocycles. The maximum absolute atomic E-state index is 6.07. The maximum atomic E-state index is 6.07. The molecular weight excluding hydrogens is 326 g/mol. The van der Waals surface area contributed by atoms with Crippen molar-refractivity contribution < 1.29 is 4.74 Å². The Hall–Kier alpha value is -1.63. The van der Waals surface area contributed by atoms with Crippen LogP contribution in [0.15, 0.2) is 18.2 Å². The molecule has 2 aromatic rings. The lowest BCUT2D eigenvalue weighted by Gasteiger charge is -2.27. The molecule has 3 heterocycles. The lowest BCUT2D eigenvalue weighted by molar-refractivity contribution is 0.0318. The summed E-state index contributed by atoms with van der Waals surface area (Å²) in [5, 5.41) is 13.0. The fraction of sp³-hybridized carbons (Fsp3) is 0.650. The molecule has 2 saturated heterocycles. The zero-order chi connectivity index (χ0) is 17.8. The Labute approximate surface area is 155 Å². The quantitative estimate of drug-likeness (QED) is 0.775. The van der Waals surface area contributed by atoms with Gasteiger partial charge < -0.3 is 15.0 Å². The normalized spacial score (nSPS) is 19.3. The molecule has 26 heavy (non-hydrogen) atoms. The van der Waals surface area contributed by atoms with Gasteiger partial charge in [0.1, 0.15) is 0 Å². The predicted octanol–water partition coefficient (Wildman–Crippen LogP) is 2.03. The van der Waals surface area contributed by atoms with Gasteiger partial charge in [0.2, 0.25) is 0 Å². The molecule has 2 fully saturated rings. The number of hydrogen-bond donors (Lipinski definition) is 2. The Morgan fingerprint density at radius 1 is 1.19 bits per heavy atom. The zero-order valence-electron chi connectivity index (χ0n) is 15.8. The standard InChI is InChI=1S/C20H31N5O/c1-24-19-16(6-3-14-26-17-8-11-21-12-9-17)5-2-7-18(19)20(23-24)25-13-4-10-22-15-25/h2,5,7,17,21-22H,3-4,6,8-15H2,1H3. The van der Waals surface area contributed by atoms with Gasteiger partial charge in [-0.25, -0.2) is 0 Å². The van der Waals surface area contributed by atoms with Crippen LogP contribution < -0.4 is 15.5 Å². The van der Waals surface area contributed by atoms with Crippen LogP contribution in [0.25, 0.3) is 10.9 Å². The van der Waals surface area contributed by atoms with E-state index in [0.29, 0.717) is 6.10 Å². The largest absolute Gasteiger partial charge is 0.378 e. The minimum Gasteiger partial charge on any atom is -0.378 e. The highest BCUT2D eigenvalue weighted by atomic mass is 16.5. The second kappa shape index (κ2) is 8.37. The number of hydrogen-bond acceptors (Lipinski definition) is 5. The summed E-state index contributed by atoms with van der Waals surface area (Å²) in [5.41, 5.74) is 2.65. The maximum Gasteiger partial charge on any atom is 0.159 e. The first-order valence-electron chi connectivity index (χ1n) is 10.1. The van der Waals surface area contributed by atoms with Gasteiger partial charge in [0.15, 0.2) is 5.82 Å². The zero-order valence-corrected chi connectivity index (χ0v) is 15.8. The molecule has 0 aliphatic carbocycles. The van der Waals surface area contributed by atoms with Crippen molar-refractivity contribution >= 4 is 16.7 Å². The first-order chi connectivity index (χ1) is 12.8. The molecule has 0 atom stereocenters. The van der Waals surface area contributed by atoms with E-state index in [-0.39, 0.29) is 0 Å². The summed E-state index contributed by atoms with van der Waals surface area (Å²) in [6.45, 7) is 6.10. The number of ether oxygens (including phenoxy) is 1.